The van der Waals surface area contributed by atoms with E-state index in [0.29, 0.717) is 12.1 Å². The maximum absolute atomic E-state index is 4.61. The molecule has 2 heterocycles. The molecule has 1 N–H and O–H groups in total. The zero-order valence-corrected chi connectivity index (χ0v) is 12.3. The van der Waals surface area contributed by atoms with E-state index in [9.17, 15) is 0 Å². The molecule has 1 aliphatic rings. The average molecular weight is 265 g/mol. The lowest BCUT2D eigenvalue weighted by Crippen LogP contribution is -2.41. The van der Waals surface area contributed by atoms with Gasteiger partial charge < -0.3 is 10.2 Å². The van der Waals surface area contributed by atoms with Gasteiger partial charge in [0.25, 0.3) is 0 Å². The fourth-order valence-corrected chi connectivity index (χ4v) is 3.20. The molecule has 0 aromatic carbocycles. The molecule has 1 aromatic heterocycles. The summed E-state index contributed by atoms with van der Waals surface area (Å²) in [4.78, 5) is 7.06. The van der Waals surface area contributed by atoms with Crippen LogP contribution in [0.15, 0.2) is 18.3 Å². The van der Waals surface area contributed by atoms with E-state index in [2.05, 4.69) is 42.0 Å². The molecule has 0 radical (unpaired) electrons. The third kappa shape index (κ3) is 3.39. The Balaban J connectivity index is 2.15. The first kappa shape index (κ1) is 13.7. The van der Waals surface area contributed by atoms with E-state index < -0.39 is 0 Å². The molecule has 3 nitrogen and oxygen atoms in total. The summed E-state index contributed by atoms with van der Waals surface area (Å²) in [5.74, 6) is 3.57. The van der Waals surface area contributed by atoms with E-state index in [-0.39, 0.29) is 0 Å². The Morgan fingerprint density at radius 2 is 2.39 bits per heavy atom. The van der Waals surface area contributed by atoms with Crippen molar-refractivity contribution in [1.82, 2.24) is 10.3 Å². The van der Waals surface area contributed by atoms with Crippen molar-refractivity contribution >= 4 is 17.6 Å². The molecule has 2 rings (SSSR count). The van der Waals surface area contributed by atoms with Crippen molar-refractivity contribution in [2.45, 2.75) is 39.4 Å². The van der Waals surface area contributed by atoms with Crippen LogP contribution in [0.5, 0.6) is 0 Å². The number of rotatable bonds is 4. The number of pyridine rings is 1. The van der Waals surface area contributed by atoms with E-state index in [1.807, 2.05) is 24.0 Å². The van der Waals surface area contributed by atoms with Gasteiger partial charge in [-0.3, -0.25) is 0 Å². The molecular formula is C14H23N3S. The van der Waals surface area contributed by atoms with Gasteiger partial charge in [0.15, 0.2) is 0 Å². The zero-order chi connectivity index (χ0) is 13.0. The molecule has 1 saturated heterocycles. The molecule has 0 bridgehead atoms. The molecule has 1 fully saturated rings. The molecule has 1 atom stereocenters. The SMILES string of the molecule is CC(C)NCc1cccnc1N1CCSCC1C. The van der Waals surface area contributed by atoms with Crippen LogP contribution >= 0.6 is 11.8 Å². The molecule has 1 aromatic rings. The third-order valence-electron chi connectivity index (χ3n) is 3.21. The maximum Gasteiger partial charge on any atom is 0.133 e. The molecule has 0 amide bonds. The molecule has 4 heteroatoms. The number of nitrogens with one attached hydrogen (secondary N) is 1. The largest absolute Gasteiger partial charge is 0.352 e. The molecule has 0 saturated carbocycles. The average Bonchev–Trinajstić information content (AvgIpc) is 2.37. The number of thioether (sulfide) groups is 1. The zero-order valence-electron chi connectivity index (χ0n) is 11.5. The monoisotopic (exact) mass is 265 g/mol. The number of hydrogen-bond donors (Lipinski definition) is 1. The molecule has 1 unspecified atom stereocenters. The van der Waals surface area contributed by atoms with E-state index in [0.717, 1.165) is 13.1 Å². The Morgan fingerprint density at radius 1 is 1.56 bits per heavy atom. The molecule has 18 heavy (non-hydrogen) atoms. The highest BCUT2D eigenvalue weighted by Gasteiger charge is 2.21. The standard InChI is InChI=1S/C14H23N3S/c1-11(2)16-9-13-5-4-6-15-14(13)17-7-8-18-10-12(17)3/h4-6,11-12,16H,7-10H2,1-3H3. The van der Waals surface area contributed by atoms with Crippen LogP contribution in [0, 0.1) is 0 Å². The van der Waals surface area contributed by atoms with Crippen molar-refractivity contribution in [3.05, 3.63) is 23.9 Å². The molecule has 100 valence electrons. The predicted molar refractivity (Wildman–Crippen MR) is 80.3 cm³/mol. The fraction of sp³-hybridized carbons (Fsp3) is 0.643. The second kappa shape index (κ2) is 6.43. The third-order valence-corrected chi connectivity index (χ3v) is 4.40. The molecule has 1 aliphatic heterocycles. The van der Waals surface area contributed by atoms with E-state index in [1.165, 1.54) is 22.9 Å². The normalized spacial score (nSPS) is 20.4. The van der Waals surface area contributed by atoms with Gasteiger partial charge in [-0.05, 0) is 13.0 Å². The Labute approximate surface area is 114 Å². The fourth-order valence-electron chi connectivity index (χ4n) is 2.18. The van der Waals surface area contributed by atoms with Crippen LogP contribution in [-0.4, -0.2) is 35.1 Å². The van der Waals surface area contributed by atoms with Gasteiger partial charge in [0, 0.05) is 48.4 Å². The molecule has 0 spiro atoms. The highest BCUT2D eigenvalue weighted by Crippen LogP contribution is 2.25. The Bertz CT molecular complexity index is 381. The first-order chi connectivity index (χ1) is 8.68. The Kier molecular flexibility index (Phi) is 4.89. The number of aromatic nitrogens is 1. The van der Waals surface area contributed by atoms with Crippen LogP contribution in [0.1, 0.15) is 26.3 Å². The highest BCUT2D eigenvalue weighted by molar-refractivity contribution is 7.99. The lowest BCUT2D eigenvalue weighted by molar-refractivity contribution is 0.584. The van der Waals surface area contributed by atoms with Crippen molar-refractivity contribution in [1.29, 1.82) is 0 Å². The summed E-state index contributed by atoms with van der Waals surface area (Å²) in [7, 11) is 0. The minimum atomic E-state index is 0.507. The maximum atomic E-state index is 4.61. The summed E-state index contributed by atoms with van der Waals surface area (Å²) < 4.78 is 0. The number of nitrogens with zero attached hydrogens (tertiary/aromatic N) is 2. The highest BCUT2D eigenvalue weighted by atomic mass is 32.2. The minimum Gasteiger partial charge on any atom is -0.352 e. The van der Waals surface area contributed by atoms with Gasteiger partial charge in [-0.15, -0.1) is 0 Å². The van der Waals surface area contributed by atoms with Gasteiger partial charge in [-0.2, -0.15) is 11.8 Å². The van der Waals surface area contributed by atoms with Crippen molar-refractivity contribution in [2.24, 2.45) is 0 Å². The van der Waals surface area contributed by atoms with Crippen molar-refractivity contribution in [3.8, 4) is 0 Å². The van der Waals surface area contributed by atoms with Crippen LogP contribution in [-0.2, 0) is 6.54 Å². The smallest absolute Gasteiger partial charge is 0.133 e. The predicted octanol–water partition coefficient (Wildman–Crippen LogP) is 2.52. The quantitative estimate of drug-likeness (QED) is 0.905. The topological polar surface area (TPSA) is 28.2 Å². The Hall–Kier alpha value is -0.740. The lowest BCUT2D eigenvalue weighted by atomic mass is 10.2. The van der Waals surface area contributed by atoms with Crippen molar-refractivity contribution in [3.63, 3.8) is 0 Å². The van der Waals surface area contributed by atoms with Crippen LogP contribution < -0.4 is 10.2 Å². The number of hydrogen-bond acceptors (Lipinski definition) is 4. The van der Waals surface area contributed by atoms with Gasteiger partial charge in [0.05, 0.1) is 0 Å². The van der Waals surface area contributed by atoms with Crippen LogP contribution in [0.2, 0.25) is 0 Å². The van der Waals surface area contributed by atoms with Gasteiger partial charge in [-0.25, -0.2) is 4.98 Å². The Morgan fingerprint density at radius 3 is 3.11 bits per heavy atom. The van der Waals surface area contributed by atoms with Crippen molar-refractivity contribution < 1.29 is 0 Å². The summed E-state index contributed by atoms with van der Waals surface area (Å²) in [5.41, 5.74) is 1.31. The second-order valence-electron chi connectivity index (χ2n) is 5.14. The summed E-state index contributed by atoms with van der Waals surface area (Å²) in [6.07, 6.45) is 1.91. The second-order valence-corrected chi connectivity index (χ2v) is 6.29. The first-order valence-corrected chi connectivity index (χ1v) is 7.85. The summed E-state index contributed by atoms with van der Waals surface area (Å²) in [6, 6.07) is 5.31. The summed E-state index contributed by atoms with van der Waals surface area (Å²) in [5, 5.41) is 3.48. The number of anilines is 1. The van der Waals surface area contributed by atoms with Gasteiger partial charge >= 0.3 is 0 Å². The minimum absolute atomic E-state index is 0.507. The summed E-state index contributed by atoms with van der Waals surface area (Å²) >= 11 is 2.04. The summed E-state index contributed by atoms with van der Waals surface area (Å²) in [6.45, 7) is 8.65. The molecular weight excluding hydrogens is 242 g/mol. The van der Waals surface area contributed by atoms with E-state index in [1.54, 1.807) is 0 Å². The van der Waals surface area contributed by atoms with Crippen LogP contribution in [0.25, 0.3) is 0 Å². The van der Waals surface area contributed by atoms with Gasteiger partial charge in [0.2, 0.25) is 0 Å². The van der Waals surface area contributed by atoms with Crippen molar-refractivity contribution in [2.75, 3.05) is 23.0 Å². The van der Waals surface area contributed by atoms with Crippen LogP contribution in [0.4, 0.5) is 5.82 Å². The first-order valence-electron chi connectivity index (χ1n) is 6.70. The van der Waals surface area contributed by atoms with Gasteiger partial charge in [0.1, 0.15) is 5.82 Å². The molecule has 0 aliphatic carbocycles. The van der Waals surface area contributed by atoms with Crippen LogP contribution in [0.3, 0.4) is 0 Å². The lowest BCUT2D eigenvalue weighted by Gasteiger charge is -2.35. The van der Waals surface area contributed by atoms with E-state index >= 15 is 0 Å². The van der Waals surface area contributed by atoms with E-state index in [4.69, 9.17) is 0 Å². The van der Waals surface area contributed by atoms with Gasteiger partial charge in [-0.1, -0.05) is 19.9 Å².